The maximum absolute atomic E-state index is 13.4. The van der Waals surface area contributed by atoms with E-state index in [4.69, 9.17) is 21.1 Å². The minimum atomic E-state index is -4.47. The van der Waals surface area contributed by atoms with E-state index < -0.39 is 32.5 Å². The van der Waals surface area contributed by atoms with Crippen LogP contribution in [0, 0.1) is 11.3 Å². The molecule has 1 aliphatic carbocycles. The molecule has 1 unspecified atom stereocenters. The maximum atomic E-state index is 13.4. The van der Waals surface area contributed by atoms with Crippen molar-refractivity contribution in [1.82, 2.24) is 29.8 Å². The largest absolute Gasteiger partial charge is 0.485 e. The summed E-state index contributed by atoms with van der Waals surface area (Å²) in [6, 6.07) is 16.5. The monoisotopic (exact) mass is 789 g/mol. The van der Waals surface area contributed by atoms with Gasteiger partial charge in [0.25, 0.3) is 15.9 Å². The summed E-state index contributed by atoms with van der Waals surface area (Å²) in [4.78, 5) is 21.7. The first-order valence-corrected chi connectivity index (χ1v) is 19.7. The number of aromatic nitrogens is 4. The number of pyridine rings is 2. The van der Waals surface area contributed by atoms with E-state index in [-0.39, 0.29) is 72.7 Å². The van der Waals surface area contributed by atoms with Crippen molar-refractivity contribution in [2.75, 3.05) is 25.0 Å². The molecule has 0 radical (unpaired) electrons. The molecule has 1 aliphatic heterocycles. The number of anilines is 1. The SMILES string of the molecule is CC1(C)CC(CCCNc2nc(S(=O)(=O)NC(=O)c3ccc(-n4ccc(OCCCC5(C(F)(F)F)CC5)n4)nc3Cl)ccc2OCc2ccccc2)CN1. The Kier molecular flexibility index (Phi) is 11.7. The number of sulfonamides is 1. The second kappa shape index (κ2) is 16.1. The van der Waals surface area contributed by atoms with Crippen molar-refractivity contribution >= 4 is 33.3 Å². The van der Waals surface area contributed by atoms with Crippen molar-refractivity contribution in [3.63, 3.8) is 0 Å². The van der Waals surface area contributed by atoms with Gasteiger partial charge in [0, 0.05) is 24.3 Å². The van der Waals surface area contributed by atoms with Gasteiger partial charge in [-0.25, -0.2) is 19.4 Å². The number of ether oxygens (including phenoxy) is 2. The number of alkyl halides is 3. The zero-order chi connectivity index (χ0) is 38.6. The van der Waals surface area contributed by atoms with Gasteiger partial charge >= 0.3 is 6.18 Å². The fraction of sp³-hybridized carbons (Fsp3) is 0.459. The smallest absolute Gasteiger partial charge is 0.394 e. The van der Waals surface area contributed by atoms with Crippen LogP contribution >= 0.6 is 11.6 Å². The van der Waals surface area contributed by atoms with E-state index in [9.17, 15) is 26.4 Å². The molecule has 1 atom stereocenters. The van der Waals surface area contributed by atoms with E-state index in [2.05, 4.69) is 39.5 Å². The number of hydrogen-bond donors (Lipinski definition) is 3. The fourth-order valence-corrected chi connectivity index (χ4v) is 7.67. The number of benzene rings is 1. The van der Waals surface area contributed by atoms with E-state index in [1.54, 1.807) is 0 Å². The first-order chi connectivity index (χ1) is 25.6. The second-order valence-electron chi connectivity index (χ2n) is 14.4. The molecule has 1 amide bonds. The zero-order valence-corrected chi connectivity index (χ0v) is 31.5. The third-order valence-electron chi connectivity index (χ3n) is 9.70. The van der Waals surface area contributed by atoms with Gasteiger partial charge in [-0.1, -0.05) is 41.9 Å². The normalized spacial score (nSPS) is 17.6. The van der Waals surface area contributed by atoms with Gasteiger partial charge in [-0.15, -0.1) is 5.10 Å². The Labute approximate surface area is 317 Å². The molecule has 4 heterocycles. The molecule has 290 valence electrons. The number of hydrogen-bond acceptors (Lipinski definition) is 10. The number of carbonyl (C=O) groups is 1. The van der Waals surface area contributed by atoms with Crippen LogP contribution in [0.15, 0.2) is 71.9 Å². The summed E-state index contributed by atoms with van der Waals surface area (Å²) in [5.74, 6) is 0.468. The average molecular weight is 790 g/mol. The van der Waals surface area contributed by atoms with Gasteiger partial charge in [-0.3, -0.25) is 4.79 Å². The number of rotatable bonds is 17. The average Bonchev–Trinajstić information content (AvgIpc) is 3.65. The van der Waals surface area contributed by atoms with Crippen molar-refractivity contribution in [2.24, 2.45) is 11.3 Å². The third kappa shape index (κ3) is 9.82. The molecule has 2 aliphatic rings. The summed E-state index contributed by atoms with van der Waals surface area (Å²) in [6.07, 6.45) is 0.683. The number of amides is 1. The fourth-order valence-electron chi connectivity index (χ4n) is 6.52. The molecular formula is C37H43ClF3N7O5S. The molecule has 0 spiro atoms. The number of nitrogens with one attached hydrogen (secondary N) is 3. The van der Waals surface area contributed by atoms with Crippen LogP contribution in [-0.2, 0) is 16.6 Å². The highest BCUT2D eigenvalue weighted by Crippen LogP contribution is 2.60. The molecule has 1 aromatic carbocycles. The summed E-state index contributed by atoms with van der Waals surface area (Å²) >= 11 is 6.33. The Hall–Kier alpha value is -4.41. The Balaban J connectivity index is 1.08. The Morgan fingerprint density at radius 1 is 1.04 bits per heavy atom. The van der Waals surface area contributed by atoms with E-state index in [1.165, 1.54) is 41.2 Å². The van der Waals surface area contributed by atoms with E-state index in [0.717, 1.165) is 31.4 Å². The lowest BCUT2D eigenvalue weighted by molar-refractivity contribution is -0.189. The molecule has 3 aromatic heterocycles. The van der Waals surface area contributed by atoms with Crippen LogP contribution in [-0.4, -0.2) is 65.5 Å². The first-order valence-electron chi connectivity index (χ1n) is 17.8. The van der Waals surface area contributed by atoms with E-state index in [0.29, 0.717) is 18.2 Å². The van der Waals surface area contributed by atoms with E-state index >= 15 is 0 Å². The summed E-state index contributed by atoms with van der Waals surface area (Å²) in [5, 5.41) is 10.3. The highest BCUT2D eigenvalue weighted by Gasteiger charge is 2.62. The third-order valence-corrected chi connectivity index (χ3v) is 11.2. The molecule has 1 saturated heterocycles. The Morgan fingerprint density at radius 2 is 1.81 bits per heavy atom. The topological polar surface area (TPSA) is 149 Å². The Bertz CT molecular complexity index is 2040. The maximum Gasteiger partial charge on any atom is 0.394 e. The highest BCUT2D eigenvalue weighted by atomic mass is 35.5. The highest BCUT2D eigenvalue weighted by molar-refractivity contribution is 7.90. The van der Waals surface area contributed by atoms with Crippen LogP contribution in [0.25, 0.3) is 5.82 Å². The van der Waals surface area contributed by atoms with Crippen molar-refractivity contribution in [2.45, 2.75) is 82.1 Å². The van der Waals surface area contributed by atoms with Gasteiger partial charge in [0.1, 0.15) is 11.8 Å². The van der Waals surface area contributed by atoms with Crippen LogP contribution < -0.4 is 24.8 Å². The lowest BCUT2D eigenvalue weighted by Gasteiger charge is -2.18. The van der Waals surface area contributed by atoms with Crippen molar-refractivity contribution in [3.05, 3.63) is 83.1 Å². The van der Waals surface area contributed by atoms with Gasteiger partial charge in [-0.05, 0) is 101 Å². The predicted molar refractivity (Wildman–Crippen MR) is 196 cm³/mol. The van der Waals surface area contributed by atoms with Crippen molar-refractivity contribution < 1.29 is 35.9 Å². The molecule has 17 heteroatoms. The van der Waals surface area contributed by atoms with Gasteiger partial charge in [0.05, 0.1) is 17.6 Å². The molecule has 3 N–H and O–H groups in total. The summed E-state index contributed by atoms with van der Waals surface area (Å²) in [5.41, 5.74) is -0.767. The van der Waals surface area contributed by atoms with Gasteiger partial charge in [0.2, 0.25) is 5.88 Å². The molecule has 2 fully saturated rings. The number of carbonyl (C=O) groups excluding carboxylic acids is 1. The van der Waals surface area contributed by atoms with Gasteiger partial charge in [-0.2, -0.15) is 21.6 Å². The Morgan fingerprint density at radius 3 is 2.50 bits per heavy atom. The number of halogens is 4. The minimum absolute atomic E-state index is 0.00631. The summed E-state index contributed by atoms with van der Waals surface area (Å²) < 4.78 is 81.2. The summed E-state index contributed by atoms with van der Waals surface area (Å²) in [7, 11) is -4.47. The van der Waals surface area contributed by atoms with Gasteiger partial charge in [0.15, 0.2) is 22.4 Å². The standard InChI is InChI=1S/C37H43ClF3N7O5S/c1-35(2)22-26(23-43-35)10-6-19-42-33-28(53-24-25-8-4-3-5-9-25)12-14-31(45-33)54(50,51)47-34(49)27-11-13-29(44-32(27)38)48-20-15-30(46-48)52-21-7-16-36(17-18-36)37(39,40)41/h3-5,8-9,11-15,20,26,43H,6-7,10,16-19,21-24H2,1-2H3,(H,42,45)(H,47,49). The molecule has 4 aromatic rings. The van der Waals surface area contributed by atoms with Crippen molar-refractivity contribution in [3.8, 4) is 17.4 Å². The van der Waals surface area contributed by atoms with Crippen molar-refractivity contribution in [1.29, 1.82) is 0 Å². The molecular weight excluding hydrogens is 747 g/mol. The second-order valence-corrected chi connectivity index (χ2v) is 16.4. The zero-order valence-electron chi connectivity index (χ0n) is 30.0. The molecule has 12 nitrogen and oxygen atoms in total. The van der Waals surface area contributed by atoms with Crippen LogP contribution in [0.3, 0.4) is 0 Å². The van der Waals surface area contributed by atoms with E-state index in [1.807, 2.05) is 35.1 Å². The predicted octanol–water partition coefficient (Wildman–Crippen LogP) is 7.10. The number of nitrogens with zero attached hydrogens (tertiary/aromatic N) is 4. The van der Waals surface area contributed by atoms with Gasteiger partial charge < -0.3 is 20.1 Å². The van der Waals surface area contributed by atoms with Crippen LogP contribution in [0.1, 0.15) is 74.7 Å². The molecule has 6 rings (SSSR count). The quantitative estimate of drug-likeness (QED) is 0.0748. The molecule has 0 bridgehead atoms. The van der Waals surface area contributed by atoms with Crippen LogP contribution in [0.5, 0.6) is 11.6 Å². The lowest BCUT2D eigenvalue weighted by atomic mass is 9.94. The lowest BCUT2D eigenvalue weighted by Crippen LogP contribution is -2.31. The van der Waals surface area contributed by atoms with Crippen LogP contribution in [0.4, 0.5) is 19.0 Å². The molecule has 1 saturated carbocycles. The van der Waals surface area contributed by atoms with Crippen LogP contribution in [0.2, 0.25) is 5.15 Å². The summed E-state index contributed by atoms with van der Waals surface area (Å²) in [6.45, 7) is 6.15. The minimum Gasteiger partial charge on any atom is -0.485 e. The molecule has 54 heavy (non-hydrogen) atoms. The first kappa shape index (κ1) is 39.3.